The number of aromatic nitrogens is 6. The van der Waals surface area contributed by atoms with Gasteiger partial charge < -0.3 is 9.67 Å². The zero-order valence-electron chi connectivity index (χ0n) is 46.9. The van der Waals surface area contributed by atoms with Gasteiger partial charge in [0.1, 0.15) is 23.4 Å². The average Bonchev–Trinajstić information content (AvgIpc) is 3.94. The standard InChI is InChI=1S/C68H71N6O.Pt/c1-64(2,3)46-29-31-55(51(36-46)42-23-18-16-19-24-42)73-57-28-22-27-50(59(57)71-63(73)53-38-49(67(10,11)12)39-54(60(53)75)68(13,14)15)44-33-45(35-48(34-44)66(7,8)9)62-72-61-58(40-69-41-70-61)74(62)56-32-30-47(65(4,5)6)37-52(56)43-25-20-17-21-26-43;/h16-32,34-41,75H,1-15H3;/q-1;. The summed E-state index contributed by atoms with van der Waals surface area (Å²) in [6, 6.07) is 54.0. The minimum atomic E-state index is -0.358. The van der Waals surface area contributed by atoms with Crippen molar-refractivity contribution in [2.24, 2.45) is 0 Å². The van der Waals surface area contributed by atoms with Crippen molar-refractivity contribution < 1.29 is 26.2 Å². The molecule has 0 saturated heterocycles. The molecule has 0 amide bonds. The molecular formula is C68H71N6OPt-. The van der Waals surface area contributed by atoms with Crippen LogP contribution in [0.3, 0.4) is 0 Å². The topological polar surface area (TPSA) is 81.7 Å². The second-order valence-corrected chi connectivity index (χ2v) is 25.5. The molecule has 390 valence electrons. The fourth-order valence-corrected chi connectivity index (χ4v) is 10.2. The van der Waals surface area contributed by atoms with Gasteiger partial charge >= 0.3 is 0 Å². The molecule has 0 aliphatic carbocycles. The van der Waals surface area contributed by atoms with E-state index in [9.17, 15) is 5.11 Å². The van der Waals surface area contributed by atoms with Crippen LogP contribution in [0.5, 0.6) is 5.75 Å². The third kappa shape index (κ3) is 10.1. The van der Waals surface area contributed by atoms with E-state index in [-0.39, 0.29) is 53.9 Å². The number of para-hydroxylation sites is 1. The first-order valence-corrected chi connectivity index (χ1v) is 26.3. The fourth-order valence-electron chi connectivity index (χ4n) is 10.2. The maximum atomic E-state index is 12.7. The maximum Gasteiger partial charge on any atom is 0.173 e. The molecule has 0 aliphatic heterocycles. The van der Waals surface area contributed by atoms with Crippen molar-refractivity contribution in [3.63, 3.8) is 0 Å². The molecule has 1 N–H and O–H groups in total. The number of nitrogens with zero attached hydrogens (tertiary/aromatic N) is 6. The van der Waals surface area contributed by atoms with Gasteiger partial charge in [-0.1, -0.05) is 206 Å². The van der Waals surface area contributed by atoms with Crippen molar-refractivity contribution in [1.82, 2.24) is 29.1 Å². The minimum absolute atomic E-state index is 0. The Morgan fingerprint density at radius 2 is 0.934 bits per heavy atom. The first-order valence-electron chi connectivity index (χ1n) is 26.3. The van der Waals surface area contributed by atoms with E-state index in [2.05, 4.69) is 264 Å². The molecular weight excluding hydrogens is 1110 g/mol. The van der Waals surface area contributed by atoms with Crippen molar-refractivity contribution >= 4 is 22.2 Å². The summed E-state index contributed by atoms with van der Waals surface area (Å²) in [6.07, 6.45) is 3.43. The van der Waals surface area contributed by atoms with E-state index in [1.54, 1.807) is 6.33 Å². The van der Waals surface area contributed by atoms with E-state index in [0.29, 0.717) is 22.9 Å². The summed E-state index contributed by atoms with van der Waals surface area (Å²) in [4.78, 5) is 20.4. The van der Waals surface area contributed by atoms with Crippen LogP contribution in [0.15, 0.2) is 152 Å². The molecule has 7 aromatic carbocycles. The third-order valence-corrected chi connectivity index (χ3v) is 14.7. The van der Waals surface area contributed by atoms with E-state index >= 15 is 0 Å². The predicted molar refractivity (Wildman–Crippen MR) is 312 cm³/mol. The van der Waals surface area contributed by atoms with E-state index in [1.807, 2.05) is 6.20 Å². The SMILES string of the molecule is CC(C)(C)c1cc(-c2cccc3c2nc(-c2cc(C(C)(C)C)cc(C(C)(C)C)c2O)n3-c2ccc(C(C)(C)C)cc2-c2ccccc2)[c-]c(-c2nc3ncncc3n2-c2ccc(C(C)(C)C)cc2-c2ccccc2)c1.[Pt]. The normalized spacial score (nSPS) is 12.6. The maximum absolute atomic E-state index is 12.7. The molecule has 10 aromatic rings. The van der Waals surface area contributed by atoms with E-state index in [1.165, 1.54) is 11.1 Å². The molecule has 10 rings (SSSR count). The van der Waals surface area contributed by atoms with Crippen LogP contribution >= 0.6 is 0 Å². The summed E-state index contributed by atoms with van der Waals surface area (Å²) in [5, 5.41) is 12.7. The summed E-state index contributed by atoms with van der Waals surface area (Å²) >= 11 is 0. The molecule has 0 radical (unpaired) electrons. The number of aromatic hydroxyl groups is 1. The molecule has 0 saturated carbocycles. The van der Waals surface area contributed by atoms with Gasteiger partial charge in [0.25, 0.3) is 0 Å². The number of imidazole rings is 2. The number of benzene rings is 7. The van der Waals surface area contributed by atoms with Gasteiger partial charge in [0.2, 0.25) is 0 Å². The Morgan fingerprint density at radius 3 is 1.46 bits per heavy atom. The largest absolute Gasteiger partial charge is 0.507 e. The van der Waals surface area contributed by atoms with Crippen molar-refractivity contribution in [1.29, 1.82) is 0 Å². The quantitative estimate of drug-likeness (QED) is 0.161. The van der Waals surface area contributed by atoms with Gasteiger partial charge in [-0.15, -0.1) is 29.3 Å². The Kier molecular flexibility index (Phi) is 13.9. The van der Waals surface area contributed by atoms with Crippen molar-refractivity contribution in [3.05, 3.63) is 186 Å². The average molecular weight is 1180 g/mol. The molecule has 7 nitrogen and oxygen atoms in total. The first-order chi connectivity index (χ1) is 35.3. The smallest absolute Gasteiger partial charge is 0.173 e. The van der Waals surface area contributed by atoms with Crippen molar-refractivity contribution in [3.8, 4) is 73.3 Å². The summed E-state index contributed by atoms with van der Waals surface area (Å²) in [6.45, 7) is 33.5. The van der Waals surface area contributed by atoms with E-state index in [4.69, 9.17) is 15.0 Å². The van der Waals surface area contributed by atoms with Crippen LogP contribution in [0.4, 0.5) is 0 Å². The number of phenols is 1. The Labute approximate surface area is 464 Å². The Hall–Kier alpha value is -6.95. The summed E-state index contributed by atoms with van der Waals surface area (Å²) in [5.74, 6) is 1.60. The fraction of sp³-hybridized carbons (Fsp3) is 0.294. The van der Waals surface area contributed by atoms with E-state index in [0.717, 1.165) is 83.6 Å². The number of rotatable bonds is 7. The zero-order valence-corrected chi connectivity index (χ0v) is 49.2. The molecule has 3 heterocycles. The number of fused-ring (bicyclic) bond motifs is 2. The van der Waals surface area contributed by atoms with Crippen LogP contribution in [0, 0.1) is 6.07 Å². The summed E-state index contributed by atoms with van der Waals surface area (Å²) in [5.41, 5.74) is 17.3. The zero-order chi connectivity index (χ0) is 53.6. The van der Waals surface area contributed by atoms with Crippen molar-refractivity contribution in [2.45, 2.75) is 131 Å². The monoisotopic (exact) mass is 1180 g/mol. The van der Waals surface area contributed by atoms with Gasteiger partial charge in [-0.3, -0.25) is 4.57 Å². The number of phenolic OH excluding ortho intramolecular Hbond substituents is 1. The number of hydrogen-bond acceptors (Lipinski definition) is 5. The van der Waals surface area contributed by atoms with Gasteiger partial charge in [-0.25, -0.2) is 19.9 Å². The van der Waals surface area contributed by atoms with Crippen LogP contribution in [-0.4, -0.2) is 34.2 Å². The minimum Gasteiger partial charge on any atom is -0.507 e. The molecule has 0 aliphatic rings. The third-order valence-electron chi connectivity index (χ3n) is 14.7. The van der Waals surface area contributed by atoms with Gasteiger partial charge in [0.05, 0.1) is 34.3 Å². The predicted octanol–water partition coefficient (Wildman–Crippen LogP) is 17.5. The summed E-state index contributed by atoms with van der Waals surface area (Å²) in [7, 11) is 0. The molecule has 3 aromatic heterocycles. The van der Waals surface area contributed by atoms with Crippen LogP contribution in [-0.2, 0) is 48.1 Å². The second-order valence-electron chi connectivity index (χ2n) is 25.5. The summed E-state index contributed by atoms with van der Waals surface area (Å²) < 4.78 is 4.49. The van der Waals surface area contributed by atoms with Gasteiger partial charge in [0, 0.05) is 43.4 Å². The molecule has 8 heteroatoms. The van der Waals surface area contributed by atoms with Crippen LogP contribution in [0.2, 0.25) is 0 Å². The molecule has 76 heavy (non-hydrogen) atoms. The van der Waals surface area contributed by atoms with Crippen molar-refractivity contribution in [2.75, 3.05) is 0 Å². The number of hydrogen-bond donors (Lipinski definition) is 1. The van der Waals surface area contributed by atoms with Crippen LogP contribution in [0.1, 0.15) is 132 Å². The molecule has 0 bridgehead atoms. The van der Waals surface area contributed by atoms with Gasteiger partial charge in [-0.05, 0) is 91.3 Å². The molecule has 0 spiro atoms. The Morgan fingerprint density at radius 1 is 0.434 bits per heavy atom. The molecule has 0 atom stereocenters. The Bertz CT molecular complexity index is 3790. The van der Waals surface area contributed by atoms with Crippen LogP contribution < -0.4 is 0 Å². The van der Waals surface area contributed by atoms with Gasteiger partial charge in [0.15, 0.2) is 5.65 Å². The Balaban J connectivity index is 0.00000706. The first kappa shape index (κ1) is 53.9. The molecule has 0 fully saturated rings. The molecule has 0 unspecified atom stereocenters. The van der Waals surface area contributed by atoms with E-state index < -0.39 is 0 Å². The second kappa shape index (κ2) is 19.6. The van der Waals surface area contributed by atoms with Gasteiger partial charge in [-0.2, -0.15) is 0 Å². The van der Waals surface area contributed by atoms with Crippen LogP contribution in [0.25, 0.3) is 89.7 Å².